The van der Waals surface area contributed by atoms with E-state index in [1.165, 1.54) is 0 Å². The van der Waals surface area contributed by atoms with Gasteiger partial charge in [-0.1, -0.05) is 13.8 Å². The third-order valence-electron chi connectivity index (χ3n) is 4.16. The van der Waals surface area contributed by atoms with Crippen LogP contribution in [0, 0.1) is 22.2 Å². The summed E-state index contributed by atoms with van der Waals surface area (Å²) in [4.78, 5) is 0. The summed E-state index contributed by atoms with van der Waals surface area (Å²) in [6, 6.07) is 2.55. The maximum atomic E-state index is 9.43. The molecule has 0 aromatic carbocycles. The van der Waals surface area contributed by atoms with E-state index in [0.29, 0.717) is 12.0 Å². The monoisotopic (exact) mass is 253 g/mol. The standard InChI is InChI=1S/C15H27NO2/c1-14(2)5-7-15(13-16,8-6-14)9-12-18-11-4-10-17-3/h4-12H2,1-3H3. The Morgan fingerprint density at radius 1 is 1.06 bits per heavy atom. The van der Waals surface area contributed by atoms with Crippen molar-refractivity contribution in [2.75, 3.05) is 26.9 Å². The molecular weight excluding hydrogens is 226 g/mol. The molecule has 0 aromatic heterocycles. The molecule has 1 rings (SSSR count). The van der Waals surface area contributed by atoms with Crippen molar-refractivity contribution in [3.05, 3.63) is 0 Å². The van der Waals surface area contributed by atoms with Gasteiger partial charge >= 0.3 is 0 Å². The molecule has 3 nitrogen and oxygen atoms in total. The zero-order chi connectivity index (χ0) is 13.5. The van der Waals surface area contributed by atoms with Crippen molar-refractivity contribution in [2.45, 2.75) is 52.4 Å². The molecule has 1 saturated carbocycles. The fraction of sp³-hybridized carbons (Fsp3) is 0.933. The fourth-order valence-corrected chi connectivity index (χ4v) is 2.50. The van der Waals surface area contributed by atoms with Crippen LogP contribution in [0.3, 0.4) is 0 Å². The number of hydrogen-bond acceptors (Lipinski definition) is 3. The lowest BCUT2D eigenvalue weighted by Crippen LogP contribution is -2.31. The summed E-state index contributed by atoms with van der Waals surface area (Å²) in [5.41, 5.74) is 0.288. The summed E-state index contributed by atoms with van der Waals surface area (Å²) < 4.78 is 10.6. The van der Waals surface area contributed by atoms with Crippen LogP contribution in [0.5, 0.6) is 0 Å². The molecule has 0 radical (unpaired) electrons. The Bertz CT molecular complexity index is 271. The Kier molecular flexibility index (Phi) is 6.11. The molecule has 0 amide bonds. The van der Waals surface area contributed by atoms with Crippen LogP contribution >= 0.6 is 0 Å². The van der Waals surface area contributed by atoms with Gasteiger partial charge in [-0.15, -0.1) is 0 Å². The first-order valence-corrected chi connectivity index (χ1v) is 7.02. The molecule has 0 aliphatic heterocycles. The van der Waals surface area contributed by atoms with Gasteiger partial charge in [0, 0.05) is 26.9 Å². The number of methoxy groups -OCH3 is 1. The summed E-state index contributed by atoms with van der Waals surface area (Å²) in [5.74, 6) is 0. The first kappa shape index (κ1) is 15.5. The van der Waals surface area contributed by atoms with Gasteiger partial charge in [-0.3, -0.25) is 0 Å². The quantitative estimate of drug-likeness (QED) is 0.652. The molecule has 0 bridgehead atoms. The summed E-state index contributed by atoms with van der Waals surface area (Å²) >= 11 is 0. The summed E-state index contributed by atoms with van der Waals surface area (Å²) in [5, 5.41) is 9.43. The number of nitriles is 1. The van der Waals surface area contributed by atoms with Crippen LogP contribution in [-0.2, 0) is 9.47 Å². The fourth-order valence-electron chi connectivity index (χ4n) is 2.50. The molecule has 3 heteroatoms. The van der Waals surface area contributed by atoms with Gasteiger partial charge in [0.1, 0.15) is 0 Å². The number of nitrogens with zero attached hydrogens (tertiary/aromatic N) is 1. The molecule has 0 atom stereocenters. The minimum absolute atomic E-state index is 0.128. The molecule has 1 aliphatic rings. The number of rotatable bonds is 7. The summed E-state index contributed by atoms with van der Waals surface area (Å²) in [6.45, 7) is 6.79. The maximum absolute atomic E-state index is 9.43. The Morgan fingerprint density at radius 3 is 2.28 bits per heavy atom. The minimum atomic E-state index is -0.128. The van der Waals surface area contributed by atoms with Crippen molar-refractivity contribution in [2.24, 2.45) is 10.8 Å². The molecule has 0 spiro atoms. The van der Waals surface area contributed by atoms with Crippen molar-refractivity contribution >= 4 is 0 Å². The summed E-state index contributed by atoms with van der Waals surface area (Å²) in [6.07, 6.45) is 6.18. The van der Waals surface area contributed by atoms with Crippen LogP contribution in [0.4, 0.5) is 0 Å². The van der Waals surface area contributed by atoms with E-state index in [4.69, 9.17) is 9.47 Å². The zero-order valence-electron chi connectivity index (χ0n) is 12.1. The van der Waals surface area contributed by atoms with E-state index in [0.717, 1.165) is 51.7 Å². The van der Waals surface area contributed by atoms with Crippen LogP contribution in [-0.4, -0.2) is 26.9 Å². The van der Waals surface area contributed by atoms with Crippen LogP contribution in [0.15, 0.2) is 0 Å². The second-order valence-corrected chi connectivity index (χ2v) is 6.27. The van der Waals surface area contributed by atoms with E-state index >= 15 is 0 Å². The molecule has 0 heterocycles. The van der Waals surface area contributed by atoms with Crippen molar-refractivity contribution < 1.29 is 9.47 Å². The van der Waals surface area contributed by atoms with E-state index < -0.39 is 0 Å². The van der Waals surface area contributed by atoms with Gasteiger partial charge in [-0.05, 0) is 43.9 Å². The van der Waals surface area contributed by atoms with E-state index in [1.807, 2.05) is 0 Å². The summed E-state index contributed by atoms with van der Waals surface area (Å²) in [7, 11) is 1.70. The highest BCUT2D eigenvalue weighted by Crippen LogP contribution is 2.46. The topological polar surface area (TPSA) is 42.2 Å². The van der Waals surface area contributed by atoms with Crippen LogP contribution < -0.4 is 0 Å². The molecule has 0 unspecified atom stereocenters. The molecule has 0 N–H and O–H groups in total. The lowest BCUT2D eigenvalue weighted by atomic mass is 9.64. The van der Waals surface area contributed by atoms with Crippen molar-refractivity contribution in [3.63, 3.8) is 0 Å². The van der Waals surface area contributed by atoms with Crippen LogP contribution in [0.1, 0.15) is 52.4 Å². The second-order valence-electron chi connectivity index (χ2n) is 6.27. The Labute approximate surface area is 111 Å². The van der Waals surface area contributed by atoms with Gasteiger partial charge in [0.15, 0.2) is 0 Å². The average molecular weight is 253 g/mol. The molecular formula is C15H27NO2. The zero-order valence-corrected chi connectivity index (χ0v) is 12.1. The highest BCUT2D eigenvalue weighted by atomic mass is 16.5. The van der Waals surface area contributed by atoms with Gasteiger partial charge in [0.25, 0.3) is 0 Å². The van der Waals surface area contributed by atoms with E-state index in [1.54, 1.807) is 7.11 Å². The van der Waals surface area contributed by atoms with Crippen LogP contribution in [0.25, 0.3) is 0 Å². The average Bonchev–Trinajstić information content (AvgIpc) is 2.36. The van der Waals surface area contributed by atoms with Crippen molar-refractivity contribution in [1.82, 2.24) is 0 Å². The molecule has 1 aliphatic carbocycles. The third kappa shape index (κ3) is 4.96. The van der Waals surface area contributed by atoms with Crippen LogP contribution in [0.2, 0.25) is 0 Å². The van der Waals surface area contributed by atoms with Gasteiger partial charge in [0.05, 0.1) is 11.5 Å². The largest absolute Gasteiger partial charge is 0.385 e. The molecule has 1 fully saturated rings. The Hall–Kier alpha value is -0.590. The smallest absolute Gasteiger partial charge is 0.0690 e. The highest BCUT2D eigenvalue weighted by Gasteiger charge is 2.38. The van der Waals surface area contributed by atoms with Crippen molar-refractivity contribution in [1.29, 1.82) is 5.26 Å². The van der Waals surface area contributed by atoms with Crippen molar-refractivity contribution in [3.8, 4) is 6.07 Å². The SMILES string of the molecule is COCCCOCCC1(C#N)CCC(C)(C)CC1. The number of hydrogen-bond donors (Lipinski definition) is 0. The van der Waals surface area contributed by atoms with Gasteiger partial charge in [-0.25, -0.2) is 0 Å². The normalized spacial score (nSPS) is 21.4. The lowest BCUT2D eigenvalue weighted by molar-refractivity contribution is 0.0642. The molecule has 18 heavy (non-hydrogen) atoms. The Balaban J connectivity index is 2.24. The first-order valence-electron chi connectivity index (χ1n) is 7.02. The lowest BCUT2D eigenvalue weighted by Gasteiger charge is -2.39. The van der Waals surface area contributed by atoms with Gasteiger partial charge in [-0.2, -0.15) is 5.26 Å². The van der Waals surface area contributed by atoms with E-state index in [2.05, 4.69) is 19.9 Å². The highest BCUT2D eigenvalue weighted by molar-refractivity contribution is 5.02. The molecule has 0 aromatic rings. The minimum Gasteiger partial charge on any atom is -0.385 e. The predicted octanol–water partition coefficient (Wildman–Crippen LogP) is 3.54. The van der Waals surface area contributed by atoms with Gasteiger partial charge in [0.2, 0.25) is 0 Å². The first-order chi connectivity index (χ1) is 8.54. The van der Waals surface area contributed by atoms with E-state index in [-0.39, 0.29) is 5.41 Å². The predicted molar refractivity (Wildman–Crippen MR) is 72.2 cm³/mol. The Morgan fingerprint density at radius 2 is 1.72 bits per heavy atom. The van der Waals surface area contributed by atoms with Gasteiger partial charge < -0.3 is 9.47 Å². The number of ether oxygens (including phenoxy) is 2. The molecule has 104 valence electrons. The third-order valence-corrected chi connectivity index (χ3v) is 4.16. The second kappa shape index (κ2) is 7.11. The molecule has 0 saturated heterocycles. The maximum Gasteiger partial charge on any atom is 0.0690 e. The van der Waals surface area contributed by atoms with E-state index in [9.17, 15) is 5.26 Å².